The van der Waals surface area contributed by atoms with Crippen LogP contribution in [0.1, 0.15) is 22.3 Å². The normalized spacial score (nSPS) is 17.0. The van der Waals surface area contributed by atoms with E-state index in [2.05, 4.69) is 88.7 Å². The summed E-state index contributed by atoms with van der Waals surface area (Å²) in [5.74, 6) is 0.0308. The van der Waals surface area contributed by atoms with Gasteiger partial charge in [-0.3, -0.25) is 4.79 Å². The number of halogens is 1. The van der Waals surface area contributed by atoms with Crippen molar-refractivity contribution >= 4 is 27.8 Å². The van der Waals surface area contributed by atoms with Crippen molar-refractivity contribution in [1.82, 2.24) is 0 Å². The predicted octanol–water partition coefficient (Wildman–Crippen LogP) is 6.21. The van der Waals surface area contributed by atoms with Gasteiger partial charge in [0.15, 0.2) is 5.78 Å². The molecular weight excluding hydrogens is 408 g/mol. The van der Waals surface area contributed by atoms with Crippen molar-refractivity contribution in [3.05, 3.63) is 135 Å². The van der Waals surface area contributed by atoms with E-state index in [1.165, 1.54) is 5.56 Å². The Morgan fingerprint density at radius 2 is 1.25 bits per heavy atom. The first-order chi connectivity index (χ1) is 13.7. The Labute approximate surface area is 172 Å². The fraction of sp³-hybridized carbons (Fsp3) is 0.0385. The number of hydrogen-bond donors (Lipinski definition) is 0. The zero-order chi connectivity index (χ0) is 19.1. The van der Waals surface area contributed by atoms with Crippen molar-refractivity contribution in [3.63, 3.8) is 0 Å². The number of carbonyl (C=O) groups is 1. The van der Waals surface area contributed by atoms with Crippen molar-refractivity contribution in [2.75, 3.05) is 0 Å². The highest BCUT2D eigenvalue weighted by Gasteiger charge is 2.46. The number of rotatable bonds is 2. The Balaban J connectivity index is 1.97. The molecule has 2 heteroatoms. The van der Waals surface area contributed by atoms with Gasteiger partial charge in [0.1, 0.15) is 0 Å². The zero-order valence-corrected chi connectivity index (χ0v) is 16.7. The van der Waals surface area contributed by atoms with Crippen LogP contribution in [-0.2, 0) is 10.2 Å². The highest BCUT2D eigenvalue weighted by molar-refractivity contribution is 9.12. The minimum Gasteiger partial charge on any atom is -0.288 e. The first-order valence-corrected chi connectivity index (χ1v) is 10.1. The molecule has 0 radical (unpaired) electrons. The van der Waals surface area contributed by atoms with Gasteiger partial charge < -0.3 is 0 Å². The van der Waals surface area contributed by atoms with Crippen molar-refractivity contribution in [2.24, 2.45) is 0 Å². The summed E-state index contributed by atoms with van der Waals surface area (Å²) in [6.07, 6.45) is 6.00. The third kappa shape index (κ3) is 2.35. The lowest BCUT2D eigenvalue weighted by molar-refractivity contribution is -0.111. The van der Waals surface area contributed by atoms with Crippen LogP contribution in [0, 0.1) is 0 Å². The van der Waals surface area contributed by atoms with Gasteiger partial charge in [0.2, 0.25) is 0 Å². The summed E-state index contributed by atoms with van der Waals surface area (Å²) in [6, 6.07) is 29.4. The Morgan fingerprint density at radius 3 is 1.89 bits per heavy atom. The van der Waals surface area contributed by atoms with Gasteiger partial charge in [0, 0.05) is 5.57 Å². The lowest BCUT2D eigenvalue weighted by atomic mass is 9.58. The Bertz CT molecular complexity index is 1130. The Kier molecular flexibility index (Phi) is 4.03. The molecule has 134 valence electrons. The van der Waals surface area contributed by atoms with Crippen molar-refractivity contribution in [2.45, 2.75) is 5.41 Å². The molecule has 0 spiro atoms. The molecule has 2 aliphatic carbocycles. The van der Waals surface area contributed by atoms with E-state index in [9.17, 15) is 4.79 Å². The molecule has 0 aromatic heterocycles. The van der Waals surface area contributed by atoms with Gasteiger partial charge in [0.05, 0.1) is 9.90 Å². The molecule has 0 fully saturated rings. The molecule has 0 N–H and O–H groups in total. The number of hydrogen-bond acceptors (Lipinski definition) is 1. The summed E-state index contributed by atoms with van der Waals surface area (Å²) < 4.78 is 0.594. The summed E-state index contributed by atoms with van der Waals surface area (Å²) in [4.78, 5) is 13.1. The maximum Gasteiger partial charge on any atom is 0.200 e. The summed E-state index contributed by atoms with van der Waals surface area (Å²) >= 11 is 3.43. The van der Waals surface area contributed by atoms with Crippen LogP contribution in [0.25, 0.3) is 6.08 Å². The third-order valence-electron chi connectivity index (χ3n) is 5.63. The molecular formula is C26H17BrO. The molecule has 0 bridgehead atoms. The van der Waals surface area contributed by atoms with Crippen LogP contribution in [0.3, 0.4) is 0 Å². The van der Waals surface area contributed by atoms with Crippen LogP contribution >= 0.6 is 15.9 Å². The fourth-order valence-electron chi connectivity index (χ4n) is 4.47. The molecule has 0 saturated heterocycles. The third-order valence-corrected chi connectivity index (χ3v) is 6.25. The summed E-state index contributed by atoms with van der Waals surface area (Å²) in [6.45, 7) is 0. The van der Waals surface area contributed by atoms with Crippen molar-refractivity contribution in [3.8, 4) is 0 Å². The molecule has 0 amide bonds. The van der Waals surface area contributed by atoms with Crippen molar-refractivity contribution < 1.29 is 4.79 Å². The summed E-state index contributed by atoms with van der Waals surface area (Å²) in [7, 11) is 0. The number of benzene rings is 3. The Hall–Kier alpha value is -2.97. The maximum atomic E-state index is 13.1. The van der Waals surface area contributed by atoms with E-state index >= 15 is 0 Å². The van der Waals surface area contributed by atoms with Gasteiger partial charge in [-0.2, -0.15) is 0 Å². The van der Waals surface area contributed by atoms with E-state index in [0.29, 0.717) is 4.48 Å². The largest absolute Gasteiger partial charge is 0.288 e. The molecule has 0 heterocycles. The standard InChI is InChI=1S/C26H17BrO/c27-24-16-15-23-21(25(24)28)17-18-9-7-8-14-22(18)26(23,19-10-3-1-4-11-19)20-12-5-2-6-13-20/h1-17H. The topological polar surface area (TPSA) is 17.1 Å². The second-order valence-corrected chi connectivity index (χ2v) is 7.91. The number of carbonyl (C=O) groups excluding carboxylic acids is 1. The highest BCUT2D eigenvalue weighted by Crippen LogP contribution is 2.53. The average Bonchev–Trinajstić information content (AvgIpc) is 2.76. The van der Waals surface area contributed by atoms with Gasteiger partial charge in [-0.25, -0.2) is 0 Å². The number of fused-ring (bicyclic) bond motifs is 2. The number of allylic oxidation sites excluding steroid dienone is 5. The second kappa shape index (κ2) is 6.57. The lowest BCUT2D eigenvalue weighted by Crippen LogP contribution is -2.37. The minimum absolute atomic E-state index is 0.0308. The van der Waals surface area contributed by atoms with E-state index < -0.39 is 5.41 Å². The second-order valence-electron chi connectivity index (χ2n) is 7.05. The quantitative estimate of drug-likeness (QED) is 0.478. The van der Waals surface area contributed by atoms with Crippen molar-refractivity contribution in [1.29, 1.82) is 0 Å². The monoisotopic (exact) mass is 424 g/mol. The smallest absolute Gasteiger partial charge is 0.200 e. The maximum absolute atomic E-state index is 13.1. The predicted molar refractivity (Wildman–Crippen MR) is 117 cm³/mol. The first kappa shape index (κ1) is 17.2. The highest BCUT2D eigenvalue weighted by atomic mass is 79.9. The molecule has 3 aromatic rings. The minimum atomic E-state index is -0.539. The zero-order valence-electron chi connectivity index (χ0n) is 15.1. The van der Waals surface area contributed by atoms with E-state index in [-0.39, 0.29) is 5.78 Å². The molecule has 28 heavy (non-hydrogen) atoms. The lowest BCUT2D eigenvalue weighted by Gasteiger charge is -2.43. The van der Waals surface area contributed by atoms with E-state index in [1.54, 1.807) is 0 Å². The fourth-order valence-corrected chi connectivity index (χ4v) is 4.82. The van der Waals surface area contributed by atoms with Gasteiger partial charge in [-0.1, -0.05) is 91.0 Å². The molecule has 0 saturated carbocycles. The van der Waals surface area contributed by atoms with Gasteiger partial charge in [-0.15, -0.1) is 0 Å². The molecule has 5 rings (SSSR count). The summed E-state index contributed by atoms with van der Waals surface area (Å²) in [5, 5.41) is 0. The number of ketones is 1. The molecule has 0 atom stereocenters. The van der Waals surface area contributed by atoms with Crippen LogP contribution in [0.15, 0.2) is 113 Å². The molecule has 0 unspecified atom stereocenters. The first-order valence-electron chi connectivity index (χ1n) is 9.28. The average molecular weight is 425 g/mol. The van der Waals surface area contributed by atoms with Crippen LogP contribution in [0.5, 0.6) is 0 Å². The van der Waals surface area contributed by atoms with Crippen LogP contribution < -0.4 is 0 Å². The SMILES string of the molecule is O=C1C(Br)=CC=C2C1=Cc1ccccc1C2(c1ccccc1)c1ccccc1. The Morgan fingerprint density at radius 1 is 0.679 bits per heavy atom. The van der Waals surface area contributed by atoms with Crippen LogP contribution in [0.2, 0.25) is 0 Å². The summed E-state index contributed by atoms with van der Waals surface area (Å²) in [5.41, 5.74) is 5.83. The molecule has 0 aliphatic heterocycles. The van der Waals surface area contributed by atoms with E-state index in [4.69, 9.17) is 0 Å². The van der Waals surface area contributed by atoms with Gasteiger partial charge >= 0.3 is 0 Å². The van der Waals surface area contributed by atoms with Gasteiger partial charge in [0.25, 0.3) is 0 Å². The van der Waals surface area contributed by atoms with Crippen LogP contribution in [0.4, 0.5) is 0 Å². The molecule has 3 aromatic carbocycles. The van der Waals surface area contributed by atoms with E-state index in [0.717, 1.165) is 27.8 Å². The van der Waals surface area contributed by atoms with E-state index in [1.807, 2.05) is 30.4 Å². The van der Waals surface area contributed by atoms with Gasteiger partial charge in [-0.05, 0) is 55.9 Å². The molecule has 2 aliphatic rings. The van der Waals surface area contributed by atoms with Crippen LogP contribution in [-0.4, -0.2) is 5.78 Å². The molecule has 1 nitrogen and oxygen atoms in total. The number of Topliss-reactive ketones (excluding diaryl/α,β-unsaturated/α-hetero) is 1.